The average molecular weight is 449 g/mol. The fourth-order valence-electron chi connectivity index (χ4n) is 3.81. The monoisotopic (exact) mass is 448 g/mol. The number of aromatic amines is 1. The van der Waals surface area contributed by atoms with Gasteiger partial charge in [0.2, 0.25) is 5.91 Å². The molecule has 4 aromatic heterocycles. The molecule has 1 unspecified atom stereocenters. The van der Waals surface area contributed by atoms with Crippen molar-refractivity contribution in [2.24, 2.45) is 0 Å². The molecule has 0 bridgehead atoms. The van der Waals surface area contributed by atoms with Crippen molar-refractivity contribution < 1.29 is 4.79 Å². The lowest BCUT2D eigenvalue weighted by Gasteiger charge is -2.16. The lowest BCUT2D eigenvalue weighted by Crippen LogP contribution is -2.30. The normalized spacial score (nSPS) is 12.4. The van der Waals surface area contributed by atoms with E-state index in [0.29, 0.717) is 18.5 Å². The van der Waals surface area contributed by atoms with Gasteiger partial charge in [-0.1, -0.05) is 24.3 Å². The first-order valence-corrected chi connectivity index (χ1v) is 11.8. The molecule has 0 radical (unpaired) electrons. The second kappa shape index (κ2) is 8.49. The number of benzene rings is 1. The van der Waals surface area contributed by atoms with Crippen LogP contribution in [0.15, 0.2) is 70.5 Å². The van der Waals surface area contributed by atoms with Gasteiger partial charge in [0.1, 0.15) is 4.83 Å². The van der Waals surface area contributed by atoms with E-state index in [1.54, 1.807) is 17.4 Å². The van der Waals surface area contributed by atoms with Crippen LogP contribution in [-0.4, -0.2) is 27.0 Å². The summed E-state index contributed by atoms with van der Waals surface area (Å²) in [6.07, 6.45) is 3.78. The van der Waals surface area contributed by atoms with Crippen LogP contribution in [-0.2, 0) is 11.3 Å². The quantitative estimate of drug-likeness (QED) is 0.389. The third-order valence-corrected chi connectivity index (χ3v) is 7.22. The van der Waals surface area contributed by atoms with Crippen molar-refractivity contribution >= 4 is 49.7 Å². The van der Waals surface area contributed by atoms with Crippen LogP contribution in [0.1, 0.15) is 22.8 Å². The van der Waals surface area contributed by atoms with Gasteiger partial charge in [-0.05, 0) is 34.5 Å². The van der Waals surface area contributed by atoms with Gasteiger partial charge in [-0.15, -0.1) is 22.7 Å². The number of nitrogens with zero attached hydrogens (tertiary/aromatic N) is 2. The number of hydrogen-bond acceptors (Lipinski definition) is 5. The number of aromatic nitrogens is 3. The molecule has 0 saturated heterocycles. The van der Waals surface area contributed by atoms with Crippen LogP contribution in [0, 0.1) is 0 Å². The average Bonchev–Trinajstić information content (AvgIpc) is 3.55. The van der Waals surface area contributed by atoms with Gasteiger partial charge in [0, 0.05) is 47.4 Å². The third-order valence-electron chi connectivity index (χ3n) is 5.42. The Balaban J connectivity index is 1.29. The number of hydrogen-bond donors (Lipinski definition) is 2. The first kappa shape index (κ1) is 19.7. The molecule has 1 atom stereocenters. The van der Waals surface area contributed by atoms with E-state index in [4.69, 9.17) is 0 Å². The molecule has 8 heteroatoms. The highest BCUT2D eigenvalue weighted by Crippen LogP contribution is 2.32. The molecule has 5 rings (SSSR count). The van der Waals surface area contributed by atoms with Crippen molar-refractivity contribution in [3.8, 4) is 0 Å². The number of carbonyl (C=O) groups excluding carboxylic acids is 1. The number of fused-ring (bicyclic) bond motifs is 2. The predicted octanol–water partition coefficient (Wildman–Crippen LogP) is 4.34. The van der Waals surface area contributed by atoms with Crippen molar-refractivity contribution in [2.45, 2.75) is 18.9 Å². The Morgan fingerprint density at radius 3 is 2.87 bits per heavy atom. The van der Waals surface area contributed by atoms with E-state index in [2.05, 4.69) is 38.9 Å². The molecule has 0 aliphatic heterocycles. The first-order valence-electron chi connectivity index (χ1n) is 9.99. The molecule has 1 aromatic carbocycles. The number of aryl methyl sites for hydroxylation is 1. The molecule has 2 N–H and O–H groups in total. The van der Waals surface area contributed by atoms with Gasteiger partial charge in [0.15, 0.2) is 0 Å². The number of amides is 1. The zero-order valence-corrected chi connectivity index (χ0v) is 18.2. The number of nitrogens with one attached hydrogen (secondary N) is 2. The number of carbonyl (C=O) groups is 1. The minimum absolute atomic E-state index is 0.0617. The van der Waals surface area contributed by atoms with Crippen molar-refractivity contribution in [1.82, 2.24) is 19.9 Å². The molecular formula is C23H20N4O2S2. The van der Waals surface area contributed by atoms with E-state index in [0.717, 1.165) is 15.7 Å². The molecule has 0 aliphatic rings. The van der Waals surface area contributed by atoms with Gasteiger partial charge in [0.25, 0.3) is 5.56 Å². The van der Waals surface area contributed by atoms with Crippen LogP contribution >= 0.6 is 22.7 Å². The van der Waals surface area contributed by atoms with E-state index >= 15 is 0 Å². The van der Waals surface area contributed by atoms with Crippen LogP contribution in [0.4, 0.5) is 0 Å². The van der Waals surface area contributed by atoms with Crippen molar-refractivity contribution in [2.75, 3.05) is 6.54 Å². The fraction of sp³-hybridized carbons (Fsp3) is 0.174. The minimum atomic E-state index is -0.102. The second-order valence-corrected chi connectivity index (χ2v) is 9.17. The standard InChI is InChI=1S/C23H20N4O2S2/c28-21(7-9-27-14-26-22-16(23(27)29)8-11-31-22)25-13-18(20-6-3-10-30-20)17-12-24-19-5-2-1-4-15(17)19/h1-6,8,10-12,14,18,24H,7,9,13H2,(H,25,28). The first-order chi connectivity index (χ1) is 15.2. The second-order valence-electron chi connectivity index (χ2n) is 7.29. The summed E-state index contributed by atoms with van der Waals surface area (Å²) in [5.74, 6) is -0.0228. The van der Waals surface area contributed by atoms with Crippen LogP contribution in [0.2, 0.25) is 0 Å². The Labute approximate surface area is 186 Å². The number of para-hydroxylation sites is 1. The van der Waals surface area contributed by atoms with Gasteiger partial charge in [-0.3, -0.25) is 14.2 Å². The molecule has 31 heavy (non-hydrogen) atoms. The Bertz CT molecular complexity index is 1400. The summed E-state index contributed by atoms with van der Waals surface area (Å²) in [6, 6.07) is 14.1. The summed E-state index contributed by atoms with van der Waals surface area (Å²) < 4.78 is 1.51. The van der Waals surface area contributed by atoms with Crippen molar-refractivity contribution in [3.63, 3.8) is 0 Å². The molecule has 0 spiro atoms. The minimum Gasteiger partial charge on any atom is -0.361 e. The molecule has 156 valence electrons. The zero-order valence-electron chi connectivity index (χ0n) is 16.6. The van der Waals surface area contributed by atoms with Gasteiger partial charge in [-0.2, -0.15) is 0 Å². The molecule has 0 saturated carbocycles. The lowest BCUT2D eigenvalue weighted by atomic mass is 9.96. The smallest absolute Gasteiger partial charge is 0.262 e. The molecule has 0 aliphatic carbocycles. The molecule has 0 fully saturated rings. The van der Waals surface area contributed by atoms with E-state index < -0.39 is 0 Å². The van der Waals surface area contributed by atoms with E-state index in [-0.39, 0.29) is 23.8 Å². The van der Waals surface area contributed by atoms with E-state index in [1.165, 1.54) is 32.7 Å². The molecule has 1 amide bonds. The highest BCUT2D eigenvalue weighted by atomic mass is 32.1. The Morgan fingerprint density at radius 1 is 1.10 bits per heavy atom. The molecule has 6 nitrogen and oxygen atoms in total. The highest BCUT2D eigenvalue weighted by molar-refractivity contribution is 7.16. The fourth-order valence-corrected chi connectivity index (χ4v) is 5.38. The van der Waals surface area contributed by atoms with Gasteiger partial charge < -0.3 is 10.3 Å². The number of H-pyrrole nitrogens is 1. The van der Waals surface area contributed by atoms with Crippen LogP contribution in [0.5, 0.6) is 0 Å². The highest BCUT2D eigenvalue weighted by Gasteiger charge is 2.20. The Kier molecular flexibility index (Phi) is 5.40. The summed E-state index contributed by atoms with van der Waals surface area (Å²) in [4.78, 5) is 34.7. The maximum absolute atomic E-state index is 12.6. The van der Waals surface area contributed by atoms with Crippen LogP contribution in [0.25, 0.3) is 21.1 Å². The lowest BCUT2D eigenvalue weighted by molar-refractivity contribution is -0.121. The van der Waals surface area contributed by atoms with E-state index in [9.17, 15) is 9.59 Å². The summed E-state index contributed by atoms with van der Waals surface area (Å²) in [5.41, 5.74) is 2.15. The van der Waals surface area contributed by atoms with E-state index in [1.807, 2.05) is 29.8 Å². The molecular weight excluding hydrogens is 428 g/mol. The van der Waals surface area contributed by atoms with Crippen LogP contribution < -0.4 is 10.9 Å². The summed E-state index contributed by atoms with van der Waals surface area (Å²) >= 11 is 3.12. The predicted molar refractivity (Wildman–Crippen MR) is 126 cm³/mol. The van der Waals surface area contributed by atoms with Gasteiger partial charge in [0.05, 0.1) is 11.7 Å². The van der Waals surface area contributed by atoms with Crippen molar-refractivity contribution in [3.05, 3.63) is 86.5 Å². The van der Waals surface area contributed by atoms with Gasteiger partial charge >= 0.3 is 0 Å². The SMILES string of the molecule is O=C(CCn1cnc2sccc2c1=O)NCC(c1cccs1)c1c[nH]c2ccccc12. The molecule has 4 heterocycles. The number of rotatable bonds is 7. The largest absolute Gasteiger partial charge is 0.361 e. The zero-order chi connectivity index (χ0) is 21.2. The maximum Gasteiger partial charge on any atom is 0.262 e. The Hall–Kier alpha value is -3.23. The summed E-state index contributed by atoms with van der Waals surface area (Å²) in [5, 5.41) is 8.74. The topological polar surface area (TPSA) is 79.8 Å². The maximum atomic E-state index is 12.6. The van der Waals surface area contributed by atoms with Gasteiger partial charge in [-0.25, -0.2) is 4.98 Å². The van der Waals surface area contributed by atoms with Crippen molar-refractivity contribution in [1.29, 1.82) is 0 Å². The third kappa shape index (κ3) is 3.92. The Morgan fingerprint density at radius 2 is 2.00 bits per heavy atom. The number of thiophene rings is 2. The van der Waals surface area contributed by atoms with Crippen LogP contribution in [0.3, 0.4) is 0 Å². The summed E-state index contributed by atoms with van der Waals surface area (Å²) in [7, 11) is 0. The molecule has 5 aromatic rings. The summed E-state index contributed by atoms with van der Waals surface area (Å²) in [6.45, 7) is 0.804.